The topological polar surface area (TPSA) is 104 Å². The lowest BCUT2D eigenvalue weighted by Crippen LogP contribution is -2.41. The maximum Gasteiger partial charge on any atom is 0.279 e. The Morgan fingerprint density at radius 3 is 2.87 bits per heavy atom. The number of nitrogens with one attached hydrogen (secondary N) is 3. The van der Waals surface area contributed by atoms with E-state index in [0.717, 1.165) is 29.7 Å². The quantitative estimate of drug-likeness (QED) is 0.538. The van der Waals surface area contributed by atoms with Crippen LogP contribution in [0.4, 0.5) is 0 Å². The molecule has 2 amide bonds. The molecule has 3 heterocycles. The summed E-state index contributed by atoms with van der Waals surface area (Å²) in [5.41, 5.74) is 6.96. The number of aromatic nitrogens is 2. The SMILES string of the molecule is Cc1sc2nc(CCC(=O)NNC(=O)c3cc4c(s3)CCC(C)C4)[nH]c(=O)c2c1C. The molecule has 0 spiro atoms. The van der Waals surface area contributed by atoms with Crippen molar-refractivity contribution in [2.45, 2.75) is 52.9 Å². The van der Waals surface area contributed by atoms with Crippen LogP contribution in [0.25, 0.3) is 10.2 Å². The minimum absolute atomic E-state index is 0.108. The summed E-state index contributed by atoms with van der Waals surface area (Å²) in [6, 6.07) is 1.94. The monoisotopic (exact) mass is 444 g/mol. The van der Waals surface area contributed by atoms with E-state index < -0.39 is 0 Å². The van der Waals surface area contributed by atoms with E-state index in [1.165, 1.54) is 33.1 Å². The highest BCUT2D eigenvalue weighted by Crippen LogP contribution is 2.32. The van der Waals surface area contributed by atoms with Gasteiger partial charge in [-0.05, 0) is 56.2 Å². The Kier molecular flexibility index (Phi) is 5.75. The number of carbonyl (C=O) groups excluding carboxylic acids is 2. The van der Waals surface area contributed by atoms with Crippen molar-refractivity contribution in [2.24, 2.45) is 5.92 Å². The van der Waals surface area contributed by atoms with E-state index in [9.17, 15) is 14.4 Å². The predicted octanol–water partition coefficient (Wildman–Crippen LogP) is 3.18. The number of fused-ring (bicyclic) bond motifs is 2. The zero-order valence-corrected chi connectivity index (χ0v) is 18.8. The lowest BCUT2D eigenvalue weighted by Gasteiger charge is -2.16. The second kappa shape index (κ2) is 8.31. The zero-order chi connectivity index (χ0) is 21.4. The third-order valence-corrected chi connectivity index (χ3v) is 7.88. The molecular formula is C21H24N4O3S2. The van der Waals surface area contributed by atoms with E-state index in [4.69, 9.17) is 0 Å². The van der Waals surface area contributed by atoms with E-state index in [2.05, 4.69) is 27.7 Å². The van der Waals surface area contributed by atoms with E-state index in [-0.39, 0.29) is 30.2 Å². The van der Waals surface area contributed by atoms with Gasteiger partial charge in [-0.25, -0.2) is 4.98 Å². The van der Waals surface area contributed by atoms with Crippen molar-refractivity contribution in [3.8, 4) is 0 Å². The molecular weight excluding hydrogens is 420 g/mol. The van der Waals surface area contributed by atoms with Gasteiger partial charge in [0.25, 0.3) is 11.5 Å². The van der Waals surface area contributed by atoms with Crippen molar-refractivity contribution in [2.75, 3.05) is 0 Å². The summed E-state index contributed by atoms with van der Waals surface area (Å²) in [6.07, 6.45) is 3.56. The smallest absolute Gasteiger partial charge is 0.279 e. The van der Waals surface area contributed by atoms with Gasteiger partial charge >= 0.3 is 0 Å². The maximum atomic E-state index is 12.4. The third-order valence-electron chi connectivity index (χ3n) is 5.55. The summed E-state index contributed by atoms with van der Waals surface area (Å²) in [7, 11) is 0. The molecule has 1 atom stereocenters. The van der Waals surface area contributed by atoms with E-state index >= 15 is 0 Å². The Balaban J connectivity index is 1.33. The van der Waals surface area contributed by atoms with Gasteiger partial charge in [0.2, 0.25) is 5.91 Å². The number of H-pyrrole nitrogens is 1. The number of carbonyl (C=O) groups is 2. The first kappa shape index (κ1) is 20.7. The molecule has 0 radical (unpaired) electrons. The van der Waals surface area contributed by atoms with Crippen molar-refractivity contribution in [1.82, 2.24) is 20.8 Å². The van der Waals surface area contributed by atoms with Crippen LogP contribution in [-0.4, -0.2) is 21.8 Å². The van der Waals surface area contributed by atoms with Crippen LogP contribution in [0.2, 0.25) is 0 Å². The third kappa shape index (κ3) is 4.17. The molecule has 1 aliphatic carbocycles. The normalized spacial score (nSPS) is 15.8. The van der Waals surface area contributed by atoms with Gasteiger partial charge in [0.15, 0.2) is 0 Å². The molecule has 30 heavy (non-hydrogen) atoms. The molecule has 1 aliphatic rings. The van der Waals surface area contributed by atoms with Gasteiger partial charge in [0.1, 0.15) is 10.7 Å². The van der Waals surface area contributed by atoms with Crippen LogP contribution in [0.15, 0.2) is 10.9 Å². The van der Waals surface area contributed by atoms with Crippen LogP contribution in [0.1, 0.15) is 56.1 Å². The average molecular weight is 445 g/mol. The second-order valence-electron chi connectivity index (χ2n) is 7.89. The van der Waals surface area contributed by atoms with Gasteiger partial charge in [0.05, 0.1) is 10.3 Å². The molecule has 3 aromatic heterocycles. The molecule has 4 rings (SSSR count). The number of aryl methyl sites for hydroxylation is 4. The first-order valence-electron chi connectivity index (χ1n) is 10.0. The molecule has 3 aromatic rings. The molecule has 0 fully saturated rings. The molecule has 158 valence electrons. The average Bonchev–Trinajstić information content (AvgIpc) is 3.25. The van der Waals surface area contributed by atoms with Crippen molar-refractivity contribution in [1.29, 1.82) is 0 Å². The Bertz CT molecular complexity index is 1190. The summed E-state index contributed by atoms with van der Waals surface area (Å²) in [4.78, 5) is 47.7. The van der Waals surface area contributed by atoms with Crippen LogP contribution in [0.3, 0.4) is 0 Å². The largest absolute Gasteiger partial charge is 0.310 e. The van der Waals surface area contributed by atoms with E-state index in [0.29, 0.717) is 26.8 Å². The van der Waals surface area contributed by atoms with Crippen molar-refractivity contribution in [3.63, 3.8) is 0 Å². The number of hydrogen-bond acceptors (Lipinski definition) is 6. The number of rotatable bonds is 4. The second-order valence-corrected chi connectivity index (χ2v) is 10.2. The number of aromatic amines is 1. The lowest BCUT2D eigenvalue weighted by atomic mass is 9.90. The summed E-state index contributed by atoms with van der Waals surface area (Å²) in [5, 5.41) is 0.617. The predicted molar refractivity (Wildman–Crippen MR) is 119 cm³/mol. The molecule has 0 saturated heterocycles. The lowest BCUT2D eigenvalue weighted by molar-refractivity contribution is -0.121. The van der Waals surface area contributed by atoms with Gasteiger partial charge in [0, 0.05) is 22.6 Å². The summed E-state index contributed by atoms with van der Waals surface area (Å²) in [6.45, 7) is 6.09. The Morgan fingerprint density at radius 1 is 1.27 bits per heavy atom. The first-order chi connectivity index (χ1) is 14.3. The van der Waals surface area contributed by atoms with E-state index in [1.54, 1.807) is 0 Å². The van der Waals surface area contributed by atoms with Crippen LogP contribution in [0, 0.1) is 19.8 Å². The molecule has 0 saturated carbocycles. The number of hydrazine groups is 1. The molecule has 9 heteroatoms. The van der Waals surface area contributed by atoms with Crippen molar-refractivity contribution in [3.05, 3.63) is 48.0 Å². The van der Waals surface area contributed by atoms with E-state index in [1.807, 2.05) is 19.9 Å². The standard InChI is InChI=1S/C21H24N4O3S2/c1-10-4-5-14-13(8-10)9-15(30-14)19(27)25-24-17(26)7-6-16-22-20(28)18-11(2)12(3)29-21(18)23-16/h9-10H,4-8H2,1-3H3,(H,24,26)(H,25,27)(H,22,23,28). The molecule has 0 bridgehead atoms. The Labute approximate surface area is 181 Å². The molecule has 1 unspecified atom stereocenters. The zero-order valence-electron chi connectivity index (χ0n) is 17.2. The highest BCUT2D eigenvalue weighted by Gasteiger charge is 2.21. The molecule has 7 nitrogen and oxygen atoms in total. The van der Waals surface area contributed by atoms with Gasteiger partial charge < -0.3 is 4.98 Å². The minimum Gasteiger partial charge on any atom is -0.310 e. The fourth-order valence-electron chi connectivity index (χ4n) is 3.72. The first-order valence-corrected chi connectivity index (χ1v) is 11.6. The van der Waals surface area contributed by atoms with Crippen molar-refractivity contribution < 1.29 is 9.59 Å². The number of hydrogen-bond donors (Lipinski definition) is 3. The van der Waals surface area contributed by atoms with Gasteiger partial charge in [-0.1, -0.05) is 6.92 Å². The van der Waals surface area contributed by atoms with Crippen molar-refractivity contribution >= 4 is 44.7 Å². The summed E-state index contributed by atoms with van der Waals surface area (Å²) in [5.74, 6) is 0.478. The van der Waals surface area contributed by atoms with Crippen LogP contribution >= 0.6 is 22.7 Å². The van der Waals surface area contributed by atoms with Gasteiger partial charge in [-0.15, -0.1) is 22.7 Å². The number of thiophene rings is 2. The number of amides is 2. The van der Waals surface area contributed by atoms with Crippen LogP contribution in [0.5, 0.6) is 0 Å². The fourth-order valence-corrected chi connectivity index (χ4v) is 5.87. The minimum atomic E-state index is -0.334. The summed E-state index contributed by atoms with van der Waals surface area (Å²) >= 11 is 2.98. The van der Waals surface area contributed by atoms with Crippen LogP contribution < -0.4 is 16.4 Å². The van der Waals surface area contributed by atoms with Gasteiger partial charge in [-0.3, -0.25) is 25.2 Å². The highest BCUT2D eigenvalue weighted by molar-refractivity contribution is 7.18. The van der Waals surface area contributed by atoms with Crippen LogP contribution in [-0.2, 0) is 24.1 Å². The summed E-state index contributed by atoms with van der Waals surface area (Å²) < 4.78 is 0. The molecule has 0 aromatic carbocycles. The number of nitrogens with zero attached hydrogens (tertiary/aromatic N) is 1. The fraction of sp³-hybridized carbons (Fsp3) is 0.429. The molecule has 0 aliphatic heterocycles. The highest BCUT2D eigenvalue weighted by atomic mass is 32.1. The Morgan fingerprint density at radius 2 is 2.07 bits per heavy atom. The Hall–Kier alpha value is -2.52. The van der Waals surface area contributed by atoms with Gasteiger partial charge in [-0.2, -0.15) is 0 Å². The molecule has 3 N–H and O–H groups in total. The maximum absolute atomic E-state index is 12.4.